The first-order chi connectivity index (χ1) is 6.54. The molecule has 0 spiro atoms. The van der Waals surface area contributed by atoms with Gasteiger partial charge in [-0.15, -0.1) is 0 Å². The van der Waals surface area contributed by atoms with Crippen LogP contribution in [0.2, 0.25) is 0 Å². The van der Waals surface area contributed by atoms with Gasteiger partial charge in [-0.1, -0.05) is 0 Å². The first-order valence-corrected chi connectivity index (χ1v) is 4.30. The van der Waals surface area contributed by atoms with Crippen molar-refractivity contribution >= 4 is 22.4 Å². The van der Waals surface area contributed by atoms with E-state index in [2.05, 4.69) is 20.9 Å². The van der Waals surface area contributed by atoms with E-state index in [0.717, 1.165) is 0 Å². The van der Waals surface area contributed by atoms with Gasteiger partial charge in [0, 0.05) is 10.4 Å². The summed E-state index contributed by atoms with van der Waals surface area (Å²) < 4.78 is 42.3. The lowest BCUT2D eigenvalue weighted by molar-refractivity contribution is 0.352. The largest absolute Gasteiger partial charge is 0.759 e. The van der Waals surface area contributed by atoms with Crippen LogP contribution in [0.15, 0.2) is 0 Å². The summed E-state index contributed by atoms with van der Waals surface area (Å²) in [4.78, 5) is 0. The fourth-order valence-corrected chi connectivity index (χ4v) is 0. The molecule has 0 saturated carbocycles. The van der Waals surface area contributed by atoms with Crippen LogP contribution in [0.1, 0.15) is 0 Å². The molecule has 15 heavy (non-hydrogen) atoms. The van der Waals surface area contributed by atoms with Crippen LogP contribution in [0.4, 0.5) is 0 Å². The second-order valence-corrected chi connectivity index (χ2v) is 2.36. The second-order valence-electron chi connectivity index (χ2n) is 1.54. The van der Waals surface area contributed by atoms with Crippen molar-refractivity contribution in [2.75, 3.05) is 14.2 Å². The van der Waals surface area contributed by atoms with E-state index in [1.54, 1.807) is 0 Å². The van der Waals surface area contributed by atoms with Crippen LogP contribution in [-0.2, 0) is 19.9 Å². The van der Waals surface area contributed by atoms with Crippen molar-refractivity contribution in [3.8, 4) is 0 Å². The van der Waals surface area contributed by atoms with E-state index in [9.17, 15) is 0 Å². The third kappa shape index (κ3) is 232. The zero-order chi connectivity index (χ0) is 13.1. The maximum absolute atomic E-state index is 8.52. The Balaban J connectivity index is -0.000000144. The van der Waals surface area contributed by atoms with Crippen LogP contribution in [0, 0.1) is 10.8 Å². The molecule has 0 atom stereocenters. The summed E-state index contributed by atoms with van der Waals surface area (Å²) >= 11 is 0. The highest BCUT2D eigenvalue weighted by molar-refractivity contribution is 7.79. The predicted octanol–water partition coefficient (Wildman–Crippen LogP) is -2.29. The van der Waals surface area contributed by atoms with Crippen LogP contribution in [0.25, 0.3) is 0 Å². The van der Waals surface area contributed by atoms with Gasteiger partial charge in [0.05, 0.1) is 14.2 Å². The Morgan fingerprint density at radius 3 is 1.13 bits per heavy atom. The van der Waals surface area contributed by atoms with Gasteiger partial charge in [0.15, 0.2) is 0 Å². The molecule has 0 aromatic carbocycles. The van der Waals surface area contributed by atoms with Gasteiger partial charge in [-0.3, -0.25) is 19.2 Å². The van der Waals surface area contributed by atoms with Crippen molar-refractivity contribution in [3.05, 3.63) is 0 Å². The molecule has 0 aromatic heterocycles. The highest BCUT2D eigenvalue weighted by Crippen LogP contribution is 1.57. The van der Waals surface area contributed by atoms with Gasteiger partial charge in [0.1, 0.15) is 0 Å². The van der Waals surface area contributed by atoms with Crippen LogP contribution in [0.5, 0.6) is 0 Å². The number of methoxy groups -OCH3 is 2. The van der Waals surface area contributed by atoms with Gasteiger partial charge in [-0.05, 0) is 0 Å². The molecule has 10 nitrogen and oxygen atoms in total. The number of rotatable bonds is 0. The van der Waals surface area contributed by atoms with E-state index in [4.69, 9.17) is 28.3 Å². The average Bonchev–Trinajstić information content (AvgIpc) is 2.02. The summed E-state index contributed by atoms with van der Waals surface area (Å²) in [6.07, 6.45) is 0. The van der Waals surface area contributed by atoms with Crippen LogP contribution < -0.4 is 11.5 Å². The molecule has 0 bridgehead atoms. The number of nitrogens with one attached hydrogen (secondary N) is 2. The number of amidine groups is 2. The van der Waals surface area contributed by atoms with E-state index in [0.29, 0.717) is 0 Å². The van der Waals surface area contributed by atoms with Gasteiger partial charge in [-0.2, -0.15) is 0 Å². The van der Waals surface area contributed by atoms with Crippen LogP contribution >= 0.6 is 0 Å². The monoisotopic (exact) mass is 244 g/mol. The van der Waals surface area contributed by atoms with E-state index >= 15 is 0 Å². The molecule has 11 heteroatoms. The molecule has 0 amide bonds. The predicted molar refractivity (Wildman–Crippen MR) is 48.3 cm³/mol. The molecular weight excluding hydrogens is 232 g/mol. The van der Waals surface area contributed by atoms with E-state index in [1.165, 1.54) is 14.2 Å². The zero-order valence-electron chi connectivity index (χ0n) is 8.01. The molecule has 0 rings (SSSR count). The van der Waals surface area contributed by atoms with E-state index < -0.39 is 10.4 Å². The number of nitrogens with two attached hydrogens (primary N) is 2. The van der Waals surface area contributed by atoms with Crippen molar-refractivity contribution in [2.24, 2.45) is 11.5 Å². The van der Waals surface area contributed by atoms with E-state index in [1.807, 2.05) is 0 Å². The minimum Gasteiger partial charge on any atom is -0.759 e. The summed E-state index contributed by atoms with van der Waals surface area (Å²) in [6.45, 7) is 0. The quantitative estimate of drug-likeness (QED) is 0.158. The van der Waals surface area contributed by atoms with Crippen molar-refractivity contribution < 1.29 is 27.0 Å². The van der Waals surface area contributed by atoms with Gasteiger partial charge < -0.3 is 30.0 Å². The molecule has 0 aliphatic carbocycles. The van der Waals surface area contributed by atoms with Gasteiger partial charge in [0.25, 0.3) is 12.0 Å². The maximum Gasteiger partial charge on any atom is 0.278 e. The minimum atomic E-state index is -5.17. The third-order valence-corrected chi connectivity index (χ3v) is 0.440. The zero-order valence-corrected chi connectivity index (χ0v) is 8.83. The van der Waals surface area contributed by atoms with Crippen molar-refractivity contribution in [1.29, 1.82) is 10.8 Å². The summed E-state index contributed by atoms with van der Waals surface area (Å²) in [5, 5.41) is 12.6. The highest BCUT2D eigenvalue weighted by Gasteiger charge is 1.69. The van der Waals surface area contributed by atoms with Crippen molar-refractivity contribution in [3.63, 3.8) is 0 Å². The van der Waals surface area contributed by atoms with Crippen LogP contribution in [0.3, 0.4) is 0 Å². The standard InChI is InChI=1S/2C2H6N2O.H2O4S/c2*1-5-2(3)4;1-5(2,3)4/h2*1H3,(H3,3,4);(H2,1,2,3,4)/p-2. The van der Waals surface area contributed by atoms with E-state index in [-0.39, 0.29) is 12.0 Å². The molecule has 0 aliphatic rings. The molecular formula is C4H12N4O6S-2. The smallest absolute Gasteiger partial charge is 0.278 e. The Kier molecular flexibility index (Phi) is 13.3. The summed E-state index contributed by atoms with van der Waals surface area (Å²) in [6, 6.07) is -0.491. The van der Waals surface area contributed by atoms with Crippen molar-refractivity contribution in [2.45, 2.75) is 0 Å². The topological polar surface area (TPSA) is 198 Å². The normalized spacial score (nSPS) is 8.27. The minimum absolute atomic E-state index is 0.245. The summed E-state index contributed by atoms with van der Waals surface area (Å²) in [7, 11) is -2.47. The van der Waals surface area contributed by atoms with Gasteiger partial charge >= 0.3 is 0 Å². The van der Waals surface area contributed by atoms with Gasteiger partial charge in [-0.25, -0.2) is 0 Å². The number of hydrogen-bond donors (Lipinski definition) is 4. The SMILES string of the molecule is COC(=N)N.COC(=N)N.O=S(=O)([O-])[O-]. The summed E-state index contributed by atoms with van der Waals surface area (Å²) in [5.41, 5.74) is 9.31. The lowest BCUT2D eigenvalue weighted by Crippen LogP contribution is -2.10. The highest BCUT2D eigenvalue weighted by atomic mass is 32.3. The van der Waals surface area contributed by atoms with Crippen LogP contribution in [-0.4, -0.2) is 43.8 Å². The van der Waals surface area contributed by atoms with Crippen molar-refractivity contribution in [1.82, 2.24) is 0 Å². The average molecular weight is 244 g/mol. The fourth-order valence-electron chi connectivity index (χ4n) is 0. The Bertz CT molecular complexity index is 253. The fraction of sp³-hybridized carbons (Fsp3) is 0.500. The molecule has 0 aliphatic heterocycles. The molecule has 6 N–H and O–H groups in total. The first-order valence-electron chi connectivity index (χ1n) is 2.97. The Labute approximate surface area is 86.8 Å². The Morgan fingerprint density at radius 1 is 1.07 bits per heavy atom. The first kappa shape index (κ1) is 19.1. The number of hydrogen-bond acceptors (Lipinski definition) is 8. The molecule has 0 radical (unpaired) electrons. The lowest BCUT2D eigenvalue weighted by Gasteiger charge is -2.06. The van der Waals surface area contributed by atoms with Gasteiger partial charge in [0.2, 0.25) is 0 Å². The second kappa shape index (κ2) is 10.5. The molecule has 0 aromatic rings. The lowest BCUT2D eigenvalue weighted by atomic mass is 11.2. The Hall–Kier alpha value is -1.59. The summed E-state index contributed by atoms with van der Waals surface area (Å²) in [5.74, 6) is 0. The Morgan fingerprint density at radius 2 is 1.13 bits per heavy atom. The maximum atomic E-state index is 8.52. The molecule has 0 heterocycles. The molecule has 0 unspecified atom stereocenters. The number of ether oxygens (including phenoxy) is 2. The molecule has 0 saturated heterocycles. The molecule has 0 fully saturated rings. The third-order valence-electron chi connectivity index (χ3n) is 0.440. The molecule has 92 valence electrons.